The zero-order chi connectivity index (χ0) is 7.24. The quantitative estimate of drug-likeness (QED) is 0.541. The third-order valence-electron chi connectivity index (χ3n) is 2.57. The fraction of sp³-hybridized carbons (Fsp3) is 1.00. The molecule has 2 rings (SSSR count). The van der Waals surface area contributed by atoms with Crippen molar-refractivity contribution in [3.8, 4) is 0 Å². The molecule has 0 aromatic rings. The van der Waals surface area contributed by atoms with Crippen LogP contribution in [0, 0.1) is 0 Å². The van der Waals surface area contributed by atoms with Crippen molar-refractivity contribution in [1.82, 2.24) is 5.32 Å². The molecule has 0 radical (unpaired) electrons. The number of ether oxygens (including phenoxy) is 1. The molecule has 2 heterocycles. The van der Waals surface area contributed by atoms with Crippen LogP contribution in [0.25, 0.3) is 0 Å². The summed E-state index contributed by atoms with van der Waals surface area (Å²) in [7, 11) is 0. The zero-order valence-corrected chi connectivity index (χ0v) is 6.74. The standard InChI is InChI=1S/C8H15NO/c1-7(2)3-4-8(10-7)5-9-6-8/h9H,3-6H2,1-2H3. The Hall–Kier alpha value is -0.0800. The molecule has 2 aliphatic heterocycles. The van der Waals surface area contributed by atoms with E-state index in [2.05, 4.69) is 19.2 Å². The lowest BCUT2D eigenvalue weighted by Crippen LogP contribution is -2.59. The number of hydrogen-bond donors (Lipinski definition) is 1. The second-order valence-corrected chi connectivity index (χ2v) is 4.15. The maximum Gasteiger partial charge on any atom is 0.0938 e. The molecule has 2 heteroatoms. The van der Waals surface area contributed by atoms with Crippen LogP contribution in [0.5, 0.6) is 0 Å². The Bertz CT molecular complexity index is 149. The summed E-state index contributed by atoms with van der Waals surface area (Å²) in [6.45, 7) is 6.49. The van der Waals surface area contributed by atoms with Crippen molar-refractivity contribution >= 4 is 0 Å². The van der Waals surface area contributed by atoms with Crippen molar-refractivity contribution < 1.29 is 4.74 Å². The SMILES string of the molecule is CC1(C)CCC2(CNC2)O1. The van der Waals surface area contributed by atoms with Crippen molar-refractivity contribution in [1.29, 1.82) is 0 Å². The normalized spacial score (nSPS) is 34.2. The van der Waals surface area contributed by atoms with Crippen LogP contribution in [0.2, 0.25) is 0 Å². The van der Waals surface area contributed by atoms with Gasteiger partial charge < -0.3 is 10.1 Å². The van der Waals surface area contributed by atoms with Gasteiger partial charge in [0.2, 0.25) is 0 Å². The summed E-state index contributed by atoms with van der Waals surface area (Å²) in [5.41, 5.74) is 0.381. The smallest absolute Gasteiger partial charge is 0.0938 e. The minimum Gasteiger partial charge on any atom is -0.366 e. The molecule has 2 nitrogen and oxygen atoms in total. The number of rotatable bonds is 0. The molecule has 0 unspecified atom stereocenters. The molecule has 2 aliphatic rings. The van der Waals surface area contributed by atoms with Gasteiger partial charge >= 0.3 is 0 Å². The minimum absolute atomic E-state index is 0.141. The van der Waals surface area contributed by atoms with Gasteiger partial charge in [0.15, 0.2) is 0 Å². The van der Waals surface area contributed by atoms with E-state index in [1.165, 1.54) is 12.8 Å². The van der Waals surface area contributed by atoms with Gasteiger partial charge in [0.05, 0.1) is 11.2 Å². The zero-order valence-electron chi connectivity index (χ0n) is 6.74. The highest BCUT2D eigenvalue weighted by Gasteiger charge is 2.47. The van der Waals surface area contributed by atoms with E-state index in [0.29, 0.717) is 0 Å². The van der Waals surface area contributed by atoms with Gasteiger partial charge in [0, 0.05) is 13.1 Å². The van der Waals surface area contributed by atoms with E-state index >= 15 is 0 Å². The lowest BCUT2D eigenvalue weighted by atomic mass is 9.92. The molecule has 0 aliphatic carbocycles. The first-order valence-electron chi connectivity index (χ1n) is 4.03. The fourth-order valence-corrected chi connectivity index (χ4v) is 1.87. The van der Waals surface area contributed by atoms with Crippen LogP contribution in [0.1, 0.15) is 26.7 Å². The Morgan fingerprint density at radius 3 is 2.10 bits per heavy atom. The third kappa shape index (κ3) is 0.867. The van der Waals surface area contributed by atoms with Crippen LogP contribution < -0.4 is 5.32 Å². The second-order valence-electron chi connectivity index (χ2n) is 4.15. The Morgan fingerprint density at radius 2 is 1.90 bits per heavy atom. The van der Waals surface area contributed by atoms with Crippen LogP contribution in [0.4, 0.5) is 0 Å². The van der Waals surface area contributed by atoms with Gasteiger partial charge in [0.1, 0.15) is 0 Å². The number of hydrogen-bond acceptors (Lipinski definition) is 2. The molecule has 0 bridgehead atoms. The van der Waals surface area contributed by atoms with Gasteiger partial charge in [-0.15, -0.1) is 0 Å². The average Bonchev–Trinajstić information content (AvgIpc) is 2.04. The van der Waals surface area contributed by atoms with E-state index in [-0.39, 0.29) is 11.2 Å². The molecule has 0 saturated carbocycles. The molecule has 0 atom stereocenters. The van der Waals surface area contributed by atoms with Gasteiger partial charge in [0.25, 0.3) is 0 Å². The van der Waals surface area contributed by atoms with Crippen LogP contribution in [0.15, 0.2) is 0 Å². The molecule has 0 amide bonds. The van der Waals surface area contributed by atoms with E-state index in [1.807, 2.05) is 0 Å². The molecule has 2 saturated heterocycles. The van der Waals surface area contributed by atoms with Crippen LogP contribution in [-0.2, 0) is 4.74 Å². The topological polar surface area (TPSA) is 21.3 Å². The summed E-state index contributed by atoms with van der Waals surface area (Å²) in [6.07, 6.45) is 2.46. The summed E-state index contributed by atoms with van der Waals surface area (Å²) in [5.74, 6) is 0. The van der Waals surface area contributed by atoms with Crippen molar-refractivity contribution in [2.45, 2.75) is 37.9 Å². The summed E-state index contributed by atoms with van der Waals surface area (Å²) < 4.78 is 5.91. The van der Waals surface area contributed by atoms with E-state index < -0.39 is 0 Å². The summed E-state index contributed by atoms with van der Waals surface area (Å²) >= 11 is 0. The number of nitrogens with one attached hydrogen (secondary N) is 1. The Morgan fingerprint density at radius 1 is 1.20 bits per heavy atom. The second kappa shape index (κ2) is 1.74. The summed E-state index contributed by atoms with van der Waals surface area (Å²) in [4.78, 5) is 0. The first-order valence-corrected chi connectivity index (χ1v) is 4.03. The van der Waals surface area contributed by atoms with Gasteiger partial charge in [-0.3, -0.25) is 0 Å². The van der Waals surface area contributed by atoms with Crippen molar-refractivity contribution in [2.75, 3.05) is 13.1 Å². The predicted octanol–water partition coefficient (Wildman–Crippen LogP) is 0.917. The van der Waals surface area contributed by atoms with E-state index in [4.69, 9.17) is 4.74 Å². The first kappa shape index (κ1) is 6.62. The monoisotopic (exact) mass is 141 g/mol. The Labute approximate surface area is 61.9 Å². The van der Waals surface area contributed by atoms with Gasteiger partial charge in [-0.25, -0.2) is 0 Å². The summed E-state index contributed by atoms with van der Waals surface area (Å²) in [5, 5.41) is 3.26. The molecule has 58 valence electrons. The first-order chi connectivity index (χ1) is 4.62. The fourth-order valence-electron chi connectivity index (χ4n) is 1.87. The average molecular weight is 141 g/mol. The summed E-state index contributed by atoms with van der Waals surface area (Å²) in [6, 6.07) is 0. The Balaban J connectivity index is 2.05. The molecular formula is C8H15NO. The van der Waals surface area contributed by atoms with Crippen molar-refractivity contribution in [2.24, 2.45) is 0 Å². The molecule has 1 spiro atoms. The van der Waals surface area contributed by atoms with Crippen molar-refractivity contribution in [3.63, 3.8) is 0 Å². The van der Waals surface area contributed by atoms with Gasteiger partial charge in [-0.05, 0) is 26.7 Å². The molecule has 0 aromatic heterocycles. The van der Waals surface area contributed by atoms with E-state index in [0.717, 1.165) is 13.1 Å². The maximum absolute atomic E-state index is 5.91. The molecule has 2 fully saturated rings. The van der Waals surface area contributed by atoms with Crippen molar-refractivity contribution in [3.05, 3.63) is 0 Å². The van der Waals surface area contributed by atoms with E-state index in [9.17, 15) is 0 Å². The van der Waals surface area contributed by atoms with Crippen LogP contribution in [-0.4, -0.2) is 24.3 Å². The Kier molecular flexibility index (Phi) is 1.15. The molecule has 1 N–H and O–H groups in total. The molecular weight excluding hydrogens is 126 g/mol. The van der Waals surface area contributed by atoms with Crippen LogP contribution in [0.3, 0.4) is 0 Å². The lowest BCUT2D eigenvalue weighted by Gasteiger charge is -2.40. The van der Waals surface area contributed by atoms with Crippen LogP contribution >= 0.6 is 0 Å². The highest BCUT2D eigenvalue weighted by Crippen LogP contribution is 2.39. The maximum atomic E-state index is 5.91. The molecule has 0 aromatic carbocycles. The highest BCUT2D eigenvalue weighted by molar-refractivity contribution is 5.02. The highest BCUT2D eigenvalue weighted by atomic mass is 16.5. The largest absolute Gasteiger partial charge is 0.366 e. The van der Waals surface area contributed by atoms with Gasteiger partial charge in [-0.1, -0.05) is 0 Å². The van der Waals surface area contributed by atoms with Gasteiger partial charge in [-0.2, -0.15) is 0 Å². The third-order valence-corrected chi connectivity index (χ3v) is 2.57. The van der Waals surface area contributed by atoms with E-state index in [1.54, 1.807) is 0 Å². The minimum atomic E-state index is 0.141. The molecule has 10 heavy (non-hydrogen) atoms. The lowest BCUT2D eigenvalue weighted by molar-refractivity contribution is -0.111. The predicted molar refractivity (Wildman–Crippen MR) is 40.0 cm³/mol.